The number of halogens is 1. The van der Waals surface area contributed by atoms with E-state index in [0.717, 1.165) is 23.7 Å². The summed E-state index contributed by atoms with van der Waals surface area (Å²) in [4.78, 5) is 0. The van der Waals surface area contributed by atoms with Crippen LogP contribution in [0.5, 0.6) is 0 Å². The fourth-order valence-electron chi connectivity index (χ4n) is 5.16. The average molecular weight is 264 g/mol. The van der Waals surface area contributed by atoms with E-state index in [0.29, 0.717) is 0 Å². The standard InChI is InChI=1S/C16H21N.ClH/c17-16(13-4-2-1-3-5-13)14-7-11-6-12(9-14)10-15(16)8-11;/h1-5,11-12,14-15H,6-10,17H2;1H. The van der Waals surface area contributed by atoms with Crippen LogP contribution in [-0.2, 0) is 5.54 Å². The Hall–Kier alpha value is -0.530. The number of benzene rings is 1. The molecule has 4 bridgehead atoms. The van der Waals surface area contributed by atoms with E-state index in [9.17, 15) is 0 Å². The van der Waals surface area contributed by atoms with Gasteiger partial charge in [0.2, 0.25) is 0 Å². The van der Waals surface area contributed by atoms with E-state index in [1.54, 1.807) is 0 Å². The van der Waals surface area contributed by atoms with Crippen molar-refractivity contribution in [3.8, 4) is 0 Å². The summed E-state index contributed by atoms with van der Waals surface area (Å²) in [7, 11) is 0. The van der Waals surface area contributed by atoms with E-state index in [1.165, 1.54) is 37.7 Å². The molecular weight excluding hydrogens is 242 g/mol. The van der Waals surface area contributed by atoms with Crippen molar-refractivity contribution < 1.29 is 0 Å². The zero-order chi connectivity index (χ0) is 11.5. The summed E-state index contributed by atoms with van der Waals surface area (Å²) >= 11 is 0. The van der Waals surface area contributed by atoms with Crippen LogP contribution >= 0.6 is 12.4 Å². The van der Waals surface area contributed by atoms with Gasteiger partial charge in [0.15, 0.2) is 0 Å². The lowest BCUT2D eigenvalue weighted by atomic mass is 9.47. The molecule has 0 unspecified atom stereocenters. The molecule has 18 heavy (non-hydrogen) atoms. The fraction of sp³-hybridized carbons (Fsp3) is 0.625. The second-order valence-electron chi connectivity index (χ2n) is 6.60. The number of hydrogen-bond donors (Lipinski definition) is 1. The van der Waals surface area contributed by atoms with E-state index < -0.39 is 0 Å². The molecule has 0 aromatic heterocycles. The Balaban J connectivity index is 0.000001000. The third-order valence-corrected chi connectivity index (χ3v) is 5.76. The Labute approximate surface area is 116 Å². The normalized spacial score (nSPS) is 44.7. The van der Waals surface area contributed by atoms with Gasteiger partial charge in [-0.2, -0.15) is 0 Å². The van der Waals surface area contributed by atoms with Crippen LogP contribution < -0.4 is 5.73 Å². The quantitative estimate of drug-likeness (QED) is 0.821. The van der Waals surface area contributed by atoms with Gasteiger partial charge in [0.05, 0.1) is 0 Å². The van der Waals surface area contributed by atoms with Crippen LogP contribution in [0.25, 0.3) is 0 Å². The second-order valence-corrected chi connectivity index (χ2v) is 6.60. The fourth-order valence-corrected chi connectivity index (χ4v) is 5.16. The maximum Gasteiger partial charge on any atom is 0.0467 e. The lowest BCUT2D eigenvalue weighted by molar-refractivity contribution is -0.0584. The first-order valence-electron chi connectivity index (χ1n) is 7.11. The van der Waals surface area contributed by atoms with Crippen molar-refractivity contribution in [2.45, 2.75) is 37.6 Å². The molecule has 1 nitrogen and oxygen atoms in total. The van der Waals surface area contributed by atoms with E-state index in [-0.39, 0.29) is 17.9 Å². The molecule has 2 heteroatoms. The zero-order valence-electron chi connectivity index (χ0n) is 10.7. The van der Waals surface area contributed by atoms with Crippen molar-refractivity contribution in [3.63, 3.8) is 0 Å². The molecule has 0 aliphatic heterocycles. The van der Waals surface area contributed by atoms with Gasteiger partial charge in [0.25, 0.3) is 0 Å². The SMILES string of the molecule is Cl.NC1(c2ccccc2)C2CC3CC(C2)CC1C3. The highest BCUT2D eigenvalue weighted by atomic mass is 35.5. The average Bonchev–Trinajstić information content (AvgIpc) is 2.36. The van der Waals surface area contributed by atoms with Gasteiger partial charge in [0, 0.05) is 5.54 Å². The first kappa shape index (κ1) is 12.5. The molecular formula is C16H22ClN. The summed E-state index contributed by atoms with van der Waals surface area (Å²) in [6.45, 7) is 0. The van der Waals surface area contributed by atoms with Crippen molar-refractivity contribution in [2.24, 2.45) is 29.4 Å². The van der Waals surface area contributed by atoms with Gasteiger partial charge in [-0.25, -0.2) is 0 Å². The molecule has 4 fully saturated rings. The van der Waals surface area contributed by atoms with Crippen LogP contribution in [0, 0.1) is 23.7 Å². The van der Waals surface area contributed by atoms with Gasteiger partial charge in [-0.05, 0) is 61.3 Å². The number of hydrogen-bond acceptors (Lipinski definition) is 1. The lowest BCUT2D eigenvalue weighted by Gasteiger charge is -2.60. The molecule has 0 amide bonds. The predicted octanol–water partition coefficient (Wildman–Crippen LogP) is 3.72. The van der Waals surface area contributed by atoms with Crippen molar-refractivity contribution in [1.82, 2.24) is 0 Å². The summed E-state index contributed by atoms with van der Waals surface area (Å²) < 4.78 is 0. The van der Waals surface area contributed by atoms with Gasteiger partial charge in [-0.15, -0.1) is 12.4 Å². The molecule has 1 aromatic rings. The minimum atomic E-state index is -0.00528. The van der Waals surface area contributed by atoms with Crippen LogP contribution in [0.1, 0.15) is 37.7 Å². The first-order chi connectivity index (χ1) is 8.27. The zero-order valence-corrected chi connectivity index (χ0v) is 11.5. The molecule has 98 valence electrons. The maximum atomic E-state index is 6.91. The smallest absolute Gasteiger partial charge is 0.0467 e. The highest BCUT2D eigenvalue weighted by Crippen LogP contribution is 2.60. The molecule has 4 aliphatic rings. The minimum absolute atomic E-state index is 0. The van der Waals surface area contributed by atoms with Crippen molar-refractivity contribution >= 4 is 12.4 Å². The van der Waals surface area contributed by atoms with Crippen molar-refractivity contribution in [2.75, 3.05) is 0 Å². The lowest BCUT2D eigenvalue weighted by Crippen LogP contribution is -2.60. The Morgan fingerprint density at radius 1 is 0.833 bits per heavy atom. The Morgan fingerprint density at radius 2 is 1.33 bits per heavy atom. The summed E-state index contributed by atoms with van der Waals surface area (Å²) in [5.74, 6) is 3.50. The van der Waals surface area contributed by atoms with Gasteiger partial charge >= 0.3 is 0 Å². The molecule has 2 N–H and O–H groups in total. The van der Waals surface area contributed by atoms with Gasteiger partial charge in [-0.1, -0.05) is 30.3 Å². The maximum absolute atomic E-state index is 6.91. The summed E-state index contributed by atoms with van der Waals surface area (Å²) in [5, 5.41) is 0. The minimum Gasteiger partial charge on any atom is -0.321 e. The highest BCUT2D eigenvalue weighted by Gasteiger charge is 2.55. The molecule has 1 aromatic carbocycles. The molecule has 0 radical (unpaired) electrons. The van der Waals surface area contributed by atoms with E-state index >= 15 is 0 Å². The Kier molecular flexibility index (Phi) is 2.95. The predicted molar refractivity (Wildman–Crippen MR) is 76.6 cm³/mol. The third kappa shape index (κ3) is 1.57. The molecule has 5 rings (SSSR count). The van der Waals surface area contributed by atoms with Crippen LogP contribution in [0.3, 0.4) is 0 Å². The molecule has 4 aliphatic carbocycles. The monoisotopic (exact) mass is 263 g/mol. The Morgan fingerprint density at radius 3 is 1.83 bits per heavy atom. The Bertz CT molecular complexity index is 400. The summed E-state index contributed by atoms with van der Waals surface area (Å²) in [5.41, 5.74) is 8.30. The largest absolute Gasteiger partial charge is 0.321 e. The van der Waals surface area contributed by atoms with Crippen LogP contribution in [0.4, 0.5) is 0 Å². The number of nitrogens with two attached hydrogens (primary N) is 1. The van der Waals surface area contributed by atoms with E-state index in [2.05, 4.69) is 30.3 Å². The third-order valence-electron chi connectivity index (χ3n) is 5.76. The number of rotatable bonds is 1. The molecule has 0 spiro atoms. The molecule has 0 heterocycles. The van der Waals surface area contributed by atoms with E-state index in [4.69, 9.17) is 5.73 Å². The van der Waals surface area contributed by atoms with E-state index in [1.807, 2.05) is 0 Å². The second kappa shape index (κ2) is 4.25. The molecule has 0 saturated heterocycles. The first-order valence-corrected chi connectivity index (χ1v) is 7.11. The van der Waals surface area contributed by atoms with Crippen LogP contribution in [0.15, 0.2) is 30.3 Å². The summed E-state index contributed by atoms with van der Waals surface area (Å²) in [6, 6.07) is 10.9. The van der Waals surface area contributed by atoms with Crippen LogP contribution in [0.2, 0.25) is 0 Å². The van der Waals surface area contributed by atoms with Crippen molar-refractivity contribution in [3.05, 3.63) is 35.9 Å². The van der Waals surface area contributed by atoms with Crippen LogP contribution in [-0.4, -0.2) is 0 Å². The summed E-state index contributed by atoms with van der Waals surface area (Å²) in [6.07, 6.45) is 7.05. The van der Waals surface area contributed by atoms with Gasteiger partial charge in [-0.3, -0.25) is 0 Å². The highest BCUT2D eigenvalue weighted by molar-refractivity contribution is 5.85. The topological polar surface area (TPSA) is 26.0 Å². The van der Waals surface area contributed by atoms with Gasteiger partial charge in [0.1, 0.15) is 0 Å². The molecule has 0 atom stereocenters. The van der Waals surface area contributed by atoms with Crippen molar-refractivity contribution in [1.29, 1.82) is 0 Å². The molecule has 4 saturated carbocycles. The van der Waals surface area contributed by atoms with Gasteiger partial charge < -0.3 is 5.73 Å².